The lowest BCUT2D eigenvalue weighted by molar-refractivity contribution is 0.0891. The number of rotatable bonds is 6. The summed E-state index contributed by atoms with van der Waals surface area (Å²) in [4.78, 5) is 16.0. The standard InChI is InChI=1S/C12H16BrClN2O2/c1-3-4-9(7-18-2)16-12(17)10-5-8(13)6-15-11(10)14/h5-6,9H,3-4,7H2,1-2H3,(H,16,17). The minimum absolute atomic E-state index is 0.0115. The van der Waals surface area contributed by atoms with E-state index < -0.39 is 0 Å². The maximum Gasteiger partial charge on any atom is 0.254 e. The van der Waals surface area contributed by atoms with Crippen molar-refractivity contribution in [2.75, 3.05) is 13.7 Å². The summed E-state index contributed by atoms with van der Waals surface area (Å²) in [5.41, 5.74) is 0.364. The first-order chi connectivity index (χ1) is 8.58. The number of carbonyl (C=O) groups excluding carboxylic acids is 1. The molecule has 1 aromatic rings. The number of nitrogens with one attached hydrogen (secondary N) is 1. The van der Waals surface area contributed by atoms with Gasteiger partial charge in [0.15, 0.2) is 0 Å². The molecule has 1 N–H and O–H groups in total. The number of amides is 1. The highest BCUT2D eigenvalue weighted by atomic mass is 79.9. The van der Waals surface area contributed by atoms with Gasteiger partial charge in [0.25, 0.3) is 5.91 Å². The van der Waals surface area contributed by atoms with Crippen LogP contribution in [-0.4, -0.2) is 30.6 Å². The Kier molecular flexibility index (Phi) is 6.60. The van der Waals surface area contributed by atoms with Crippen LogP contribution in [0.1, 0.15) is 30.1 Å². The lowest BCUT2D eigenvalue weighted by Crippen LogP contribution is -2.38. The third-order valence-electron chi connectivity index (χ3n) is 2.39. The van der Waals surface area contributed by atoms with E-state index in [2.05, 4.69) is 33.2 Å². The van der Waals surface area contributed by atoms with Crippen LogP contribution in [0.3, 0.4) is 0 Å². The molecule has 18 heavy (non-hydrogen) atoms. The normalized spacial score (nSPS) is 12.2. The highest BCUT2D eigenvalue weighted by Gasteiger charge is 2.16. The zero-order valence-electron chi connectivity index (χ0n) is 10.4. The topological polar surface area (TPSA) is 51.2 Å². The van der Waals surface area contributed by atoms with E-state index in [0.717, 1.165) is 17.3 Å². The molecule has 1 heterocycles. The number of halogens is 2. The van der Waals surface area contributed by atoms with Gasteiger partial charge in [-0.3, -0.25) is 4.79 Å². The molecule has 0 bridgehead atoms. The largest absolute Gasteiger partial charge is 0.383 e. The van der Waals surface area contributed by atoms with Gasteiger partial charge in [0.05, 0.1) is 18.2 Å². The van der Waals surface area contributed by atoms with Crippen molar-refractivity contribution in [1.82, 2.24) is 10.3 Å². The number of carbonyl (C=O) groups is 1. The van der Waals surface area contributed by atoms with Crippen LogP contribution in [0.2, 0.25) is 5.15 Å². The molecular formula is C12H16BrClN2O2. The fraction of sp³-hybridized carbons (Fsp3) is 0.500. The Hall–Kier alpha value is -0.650. The van der Waals surface area contributed by atoms with Gasteiger partial charge < -0.3 is 10.1 Å². The van der Waals surface area contributed by atoms with Gasteiger partial charge in [-0.25, -0.2) is 4.98 Å². The van der Waals surface area contributed by atoms with E-state index in [4.69, 9.17) is 16.3 Å². The zero-order valence-corrected chi connectivity index (χ0v) is 12.7. The summed E-state index contributed by atoms with van der Waals surface area (Å²) in [5.74, 6) is -0.232. The Balaban J connectivity index is 2.76. The van der Waals surface area contributed by atoms with Crippen molar-refractivity contribution in [2.24, 2.45) is 0 Å². The Labute approximate surface area is 120 Å². The van der Waals surface area contributed by atoms with Crippen molar-refractivity contribution < 1.29 is 9.53 Å². The van der Waals surface area contributed by atoms with Gasteiger partial charge in [0.2, 0.25) is 0 Å². The fourth-order valence-electron chi connectivity index (χ4n) is 1.59. The summed E-state index contributed by atoms with van der Waals surface area (Å²) < 4.78 is 5.79. The second kappa shape index (κ2) is 7.71. The van der Waals surface area contributed by atoms with Crippen molar-refractivity contribution in [3.63, 3.8) is 0 Å². The van der Waals surface area contributed by atoms with Gasteiger partial charge in [0.1, 0.15) is 5.15 Å². The molecule has 1 unspecified atom stereocenters. The van der Waals surface area contributed by atoms with Crippen LogP contribution in [0.15, 0.2) is 16.7 Å². The second-order valence-corrected chi connectivity index (χ2v) is 5.18. The number of hydrogen-bond donors (Lipinski definition) is 1. The maximum absolute atomic E-state index is 12.1. The number of pyridine rings is 1. The van der Waals surface area contributed by atoms with Crippen LogP contribution in [0.5, 0.6) is 0 Å². The molecule has 0 saturated heterocycles. The van der Waals surface area contributed by atoms with Crippen molar-refractivity contribution >= 4 is 33.4 Å². The van der Waals surface area contributed by atoms with Crippen LogP contribution in [-0.2, 0) is 4.74 Å². The van der Waals surface area contributed by atoms with E-state index in [1.165, 1.54) is 0 Å². The molecule has 4 nitrogen and oxygen atoms in total. The molecule has 0 aromatic carbocycles. The average molecular weight is 336 g/mol. The Bertz CT molecular complexity index is 409. The van der Waals surface area contributed by atoms with Gasteiger partial charge in [-0.2, -0.15) is 0 Å². The van der Waals surface area contributed by atoms with E-state index in [0.29, 0.717) is 12.2 Å². The Morgan fingerprint density at radius 3 is 3.00 bits per heavy atom. The molecule has 0 aliphatic heterocycles. The third-order valence-corrected chi connectivity index (χ3v) is 3.13. The first kappa shape index (κ1) is 15.4. The predicted molar refractivity (Wildman–Crippen MR) is 75.0 cm³/mol. The number of methoxy groups -OCH3 is 1. The smallest absolute Gasteiger partial charge is 0.254 e. The summed E-state index contributed by atoms with van der Waals surface area (Å²) in [6.45, 7) is 2.54. The fourth-order valence-corrected chi connectivity index (χ4v) is 2.11. The number of aromatic nitrogens is 1. The third kappa shape index (κ3) is 4.55. The monoisotopic (exact) mass is 334 g/mol. The minimum Gasteiger partial charge on any atom is -0.383 e. The van der Waals surface area contributed by atoms with Gasteiger partial charge in [-0.1, -0.05) is 24.9 Å². The lowest BCUT2D eigenvalue weighted by Gasteiger charge is -2.17. The molecule has 1 atom stereocenters. The van der Waals surface area contributed by atoms with Crippen molar-refractivity contribution in [1.29, 1.82) is 0 Å². The summed E-state index contributed by atoms with van der Waals surface area (Å²) in [7, 11) is 1.61. The summed E-state index contributed by atoms with van der Waals surface area (Å²) in [5, 5.41) is 3.09. The molecule has 100 valence electrons. The predicted octanol–water partition coefficient (Wildman–Crippen LogP) is 3.04. The van der Waals surface area contributed by atoms with E-state index in [9.17, 15) is 4.79 Å². The molecule has 0 radical (unpaired) electrons. The quantitative estimate of drug-likeness (QED) is 0.813. The van der Waals surface area contributed by atoms with Crippen LogP contribution >= 0.6 is 27.5 Å². The van der Waals surface area contributed by atoms with Crippen LogP contribution in [0.25, 0.3) is 0 Å². The second-order valence-electron chi connectivity index (χ2n) is 3.91. The minimum atomic E-state index is -0.232. The zero-order chi connectivity index (χ0) is 13.5. The average Bonchev–Trinajstić information content (AvgIpc) is 2.33. The van der Waals surface area contributed by atoms with Gasteiger partial charge in [-0.05, 0) is 28.4 Å². The molecular weight excluding hydrogens is 320 g/mol. The Morgan fingerprint density at radius 1 is 1.67 bits per heavy atom. The molecule has 0 saturated carbocycles. The van der Waals surface area contributed by atoms with Crippen LogP contribution in [0, 0.1) is 0 Å². The molecule has 1 aromatic heterocycles. The van der Waals surface area contributed by atoms with Gasteiger partial charge in [0, 0.05) is 17.8 Å². The van der Waals surface area contributed by atoms with Gasteiger partial charge in [-0.15, -0.1) is 0 Å². The molecule has 0 aliphatic rings. The van der Waals surface area contributed by atoms with E-state index in [1.54, 1.807) is 19.4 Å². The molecule has 0 aliphatic carbocycles. The van der Waals surface area contributed by atoms with E-state index >= 15 is 0 Å². The van der Waals surface area contributed by atoms with Crippen molar-refractivity contribution in [2.45, 2.75) is 25.8 Å². The highest BCUT2D eigenvalue weighted by Crippen LogP contribution is 2.18. The molecule has 6 heteroatoms. The maximum atomic E-state index is 12.1. The molecule has 0 spiro atoms. The number of ether oxygens (including phenoxy) is 1. The Morgan fingerprint density at radius 2 is 2.39 bits per heavy atom. The summed E-state index contributed by atoms with van der Waals surface area (Å²) in [6, 6.07) is 1.64. The summed E-state index contributed by atoms with van der Waals surface area (Å²) in [6.07, 6.45) is 3.38. The van der Waals surface area contributed by atoms with E-state index in [1.807, 2.05) is 0 Å². The molecule has 1 amide bonds. The number of nitrogens with zero attached hydrogens (tertiary/aromatic N) is 1. The van der Waals surface area contributed by atoms with E-state index in [-0.39, 0.29) is 17.1 Å². The lowest BCUT2D eigenvalue weighted by atomic mass is 10.1. The van der Waals surface area contributed by atoms with Crippen molar-refractivity contribution in [3.8, 4) is 0 Å². The first-order valence-electron chi connectivity index (χ1n) is 5.69. The molecule has 1 rings (SSSR count). The first-order valence-corrected chi connectivity index (χ1v) is 6.86. The molecule has 0 fully saturated rings. The van der Waals surface area contributed by atoms with Crippen LogP contribution < -0.4 is 5.32 Å². The van der Waals surface area contributed by atoms with Crippen LogP contribution in [0.4, 0.5) is 0 Å². The van der Waals surface area contributed by atoms with Crippen molar-refractivity contribution in [3.05, 3.63) is 27.5 Å². The number of hydrogen-bond acceptors (Lipinski definition) is 3. The summed E-state index contributed by atoms with van der Waals surface area (Å²) >= 11 is 9.17. The SMILES string of the molecule is CCCC(COC)NC(=O)c1cc(Br)cnc1Cl. The van der Waals surface area contributed by atoms with Gasteiger partial charge >= 0.3 is 0 Å². The highest BCUT2D eigenvalue weighted by molar-refractivity contribution is 9.10.